The topological polar surface area (TPSA) is 35.5 Å². The molecule has 0 aromatic heterocycles. The average Bonchev–Trinajstić information content (AvgIpc) is 2.92. The van der Waals surface area contributed by atoms with E-state index in [1.807, 2.05) is 6.07 Å². The van der Waals surface area contributed by atoms with Crippen molar-refractivity contribution in [2.75, 3.05) is 24.6 Å². The van der Waals surface area contributed by atoms with E-state index in [4.69, 9.17) is 16.7 Å². The maximum absolute atomic E-state index is 9.05. The van der Waals surface area contributed by atoms with Gasteiger partial charge < -0.3 is 15.3 Å². The second-order valence-corrected chi connectivity index (χ2v) is 5.85. The number of benzene rings is 1. The van der Waals surface area contributed by atoms with E-state index in [9.17, 15) is 0 Å². The first-order chi connectivity index (χ1) is 9.76. The first-order valence-electron chi connectivity index (χ1n) is 7.63. The molecule has 112 valence electrons. The van der Waals surface area contributed by atoms with Gasteiger partial charge in [0.15, 0.2) is 0 Å². The largest absolute Gasteiger partial charge is 0.396 e. The highest BCUT2D eigenvalue weighted by molar-refractivity contribution is 6.30. The monoisotopic (exact) mass is 296 g/mol. The second kappa shape index (κ2) is 7.87. The quantitative estimate of drug-likeness (QED) is 0.811. The van der Waals surface area contributed by atoms with Gasteiger partial charge in [-0.25, -0.2) is 0 Å². The summed E-state index contributed by atoms with van der Waals surface area (Å²) in [7, 11) is 0. The van der Waals surface area contributed by atoms with E-state index in [0.717, 1.165) is 37.5 Å². The van der Waals surface area contributed by atoms with Crippen molar-refractivity contribution in [3.63, 3.8) is 0 Å². The maximum atomic E-state index is 9.05. The Bertz CT molecular complexity index is 425. The van der Waals surface area contributed by atoms with Crippen LogP contribution in [0, 0.1) is 0 Å². The fraction of sp³-hybridized carbons (Fsp3) is 0.625. The molecule has 0 saturated carbocycles. The van der Waals surface area contributed by atoms with Crippen molar-refractivity contribution in [2.24, 2.45) is 0 Å². The molecule has 1 saturated heterocycles. The molecule has 1 aromatic carbocycles. The van der Waals surface area contributed by atoms with Gasteiger partial charge in [0.1, 0.15) is 0 Å². The van der Waals surface area contributed by atoms with Crippen LogP contribution in [0.5, 0.6) is 0 Å². The van der Waals surface area contributed by atoms with Crippen LogP contribution in [0.15, 0.2) is 18.2 Å². The molecule has 0 spiro atoms. The highest BCUT2D eigenvalue weighted by Gasteiger charge is 2.25. The van der Waals surface area contributed by atoms with Gasteiger partial charge in [0.25, 0.3) is 0 Å². The van der Waals surface area contributed by atoms with Gasteiger partial charge in [0.2, 0.25) is 0 Å². The van der Waals surface area contributed by atoms with Crippen molar-refractivity contribution in [2.45, 2.75) is 45.2 Å². The molecule has 2 N–H and O–H groups in total. The highest BCUT2D eigenvalue weighted by atomic mass is 35.5. The molecule has 20 heavy (non-hydrogen) atoms. The van der Waals surface area contributed by atoms with Crippen molar-refractivity contribution in [1.29, 1.82) is 0 Å². The summed E-state index contributed by atoms with van der Waals surface area (Å²) in [6, 6.07) is 6.73. The van der Waals surface area contributed by atoms with Crippen LogP contribution in [-0.4, -0.2) is 30.8 Å². The van der Waals surface area contributed by atoms with Crippen molar-refractivity contribution >= 4 is 17.3 Å². The van der Waals surface area contributed by atoms with E-state index < -0.39 is 0 Å². The molecule has 0 bridgehead atoms. The highest BCUT2D eigenvalue weighted by Crippen LogP contribution is 2.32. The minimum atomic E-state index is 0.282. The standard InChI is InChI=1S/C16H25ClN2O/c1-2-18-12-13-7-8-14(17)11-16(13)19-9-3-5-15(19)6-4-10-20/h7-8,11,15,18,20H,2-6,9-10,12H2,1H3. The minimum Gasteiger partial charge on any atom is -0.396 e. The lowest BCUT2D eigenvalue weighted by atomic mass is 10.1. The van der Waals surface area contributed by atoms with Gasteiger partial charge in [-0.15, -0.1) is 0 Å². The molecule has 4 heteroatoms. The number of hydrogen-bond acceptors (Lipinski definition) is 3. The van der Waals surface area contributed by atoms with Gasteiger partial charge in [-0.05, 0) is 49.9 Å². The molecule has 3 nitrogen and oxygen atoms in total. The average molecular weight is 297 g/mol. The molecular weight excluding hydrogens is 272 g/mol. The van der Waals surface area contributed by atoms with Crippen LogP contribution in [-0.2, 0) is 6.54 Å². The molecule has 1 unspecified atom stereocenters. The number of aliphatic hydroxyl groups is 1. The molecule has 0 radical (unpaired) electrons. The summed E-state index contributed by atoms with van der Waals surface area (Å²) >= 11 is 6.19. The van der Waals surface area contributed by atoms with Crippen LogP contribution in [0.3, 0.4) is 0 Å². The summed E-state index contributed by atoms with van der Waals surface area (Å²) in [5, 5.41) is 13.2. The molecular formula is C16H25ClN2O. The van der Waals surface area contributed by atoms with Crippen molar-refractivity contribution < 1.29 is 5.11 Å². The zero-order valence-corrected chi connectivity index (χ0v) is 13.0. The van der Waals surface area contributed by atoms with Crippen molar-refractivity contribution in [3.05, 3.63) is 28.8 Å². The lowest BCUT2D eigenvalue weighted by Crippen LogP contribution is -2.30. The van der Waals surface area contributed by atoms with E-state index in [1.54, 1.807) is 0 Å². The van der Waals surface area contributed by atoms with Crippen LogP contribution >= 0.6 is 11.6 Å². The molecule has 0 aliphatic carbocycles. The van der Waals surface area contributed by atoms with Crippen LogP contribution in [0.1, 0.15) is 38.2 Å². The Balaban J connectivity index is 2.18. The smallest absolute Gasteiger partial charge is 0.0431 e. The van der Waals surface area contributed by atoms with Gasteiger partial charge in [0.05, 0.1) is 0 Å². The number of hydrogen-bond donors (Lipinski definition) is 2. The molecule has 1 atom stereocenters. The zero-order valence-electron chi connectivity index (χ0n) is 12.2. The predicted molar refractivity (Wildman–Crippen MR) is 85.5 cm³/mol. The molecule has 2 rings (SSSR count). The SMILES string of the molecule is CCNCc1ccc(Cl)cc1N1CCCC1CCCO. The molecule has 1 fully saturated rings. The fourth-order valence-corrected chi connectivity index (χ4v) is 3.16. The normalized spacial score (nSPS) is 18.8. The van der Waals surface area contributed by atoms with Crippen LogP contribution < -0.4 is 10.2 Å². The Hall–Kier alpha value is -0.770. The Morgan fingerprint density at radius 2 is 2.30 bits per heavy atom. The number of nitrogens with zero attached hydrogens (tertiary/aromatic N) is 1. The van der Waals surface area contributed by atoms with E-state index in [1.165, 1.54) is 24.1 Å². The second-order valence-electron chi connectivity index (χ2n) is 5.41. The summed E-state index contributed by atoms with van der Waals surface area (Å²) < 4.78 is 0. The van der Waals surface area contributed by atoms with Crippen molar-refractivity contribution in [3.8, 4) is 0 Å². The molecule has 1 heterocycles. The number of aliphatic hydroxyl groups excluding tert-OH is 1. The number of halogens is 1. The Morgan fingerprint density at radius 3 is 3.05 bits per heavy atom. The van der Waals surface area contributed by atoms with Gasteiger partial charge in [-0.2, -0.15) is 0 Å². The van der Waals surface area contributed by atoms with Gasteiger partial charge >= 0.3 is 0 Å². The first kappa shape index (κ1) is 15.6. The molecule has 0 amide bonds. The molecule has 1 aliphatic heterocycles. The first-order valence-corrected chi connectivity index (χ1v) is 8.00. The van der Waals surface area contributed by atoms with Crippen LogP contribution in [0.25, 0.3) is 0 Å². The predicted octanol–water partition coefficient (Wildman–Crippen LogP) is 3.19. The summed E-state index contributed by atoms with van der Waals surface area (Å²) in [4.78, 5) is 2.48. The van der Waals surface area contributed by atoms with Gasteiger partial charge in [-0.3, -0.25) is 0 Å². The summed E-state index contributed by atoms with van der Waals surface area (Å²) in [6.07, 6.45) is 4.38. The summed E-state index contributed by atoms with van der Waals surface area (Å²) in [5.74, 6) is 0. The Kier molecular flexibility index (Phi) is 6.14. The molecule has 1 aromatic rings. The third-order valence-corrected chi connectivity index (χ3v) is 4.23. The minimum absolute atomic E-state index is 0.282. The van der Waals surface area contributed by atoms with E-state index >= 15 is 0 Å². The Morgan fingerprint density at radius 1 is 1.45 bits per heavy atom. The van der Waals surface area contributed by atoms with Crippen LogP contribution in [0.4, 0.5) is 5.69 Å². The van der Waals surface area contributed by atoms with Gasteiger partial charge in [-0.1, -0.05) is 24.6 Å². The Labute approximate surface area is 126 Å². The lowest BCUT2D eigenvalue weighted by Gasteiger charge is -2.29. The zero-order chi connectivity index (χ0) is 14.4. The summed E-state index contributed by atoms with van der Waals surface area (Å²) in [6.45, 7) is 5.34. The maximum Gasteiger partial charge on any atom is 0.0431 e. The summed E-state index contributed by atoms with van der Waals surface area (Å²) in [5.41, 5.74) is 2.58. The number of anilines is 1. The molecule has 1 aliphatic rings. The number of nitrogens with one attached hydrogen (secondary N) is 1. The van der Waals surface area contributed by atoms with Gasteiger partial charge in [0, 0.05) is 36.4 Å². The van der Waals surface area contributed by atoms with E-state index in [-0.39, 0.29) is 6.61 Å². The van der Waals surface area contributed by atoms with E-state index in [0.29, 0.717) is 6.04 Å². The van der Waals surface area contributed by atoms with E-state index in [2.05, 4.69) is 29.3 Å². The third kappa shape index (κ3) is 3.87. The number of rotatable bonds is 7. The lowest BCUT2D eigenvalue weighted by molar-refractivity contribution is 0.279. The fourth-order valence-electron chi connectivity index (χ4n) is 2.99. The third-order valence-electron chi connectivity index (χ3n) is 3.99. The van der Waals surface area contributed by atoms with Crippen LogP contribution in [0.2, 0.25) is 5.02 Å². The van der Waals surface area contributed by atoms with Crippen molar-refractivity contribution in [1.82, 2.24) is 5.32 Å².